The third-order valence-corrected chi connectivity index (χ3v) is 2.40. The highest BCUT2D eigenvalue weighted by Gasteiger charge is 2.13. The zero-order chi connectivity index (χ0) is 13.3. The summed E-state index contributed by atoms with van der Waals surface area (Å²) >= 11 is 0. The second kappa shape index (κ2) is 8.84. The van der Waals surface area contributed by atoms with Crippen LogP contribution in [0.5, 0.6) is 0 Å². The van der Waals surface area contributed by atoms with Crippen LogP contribution in [0.25, 0.3) is 0 Å². The van der Waals surface area contributed by atoms with Gasteiger partial charge in [-0.1, -0.05) is 20.8 Å². The Morgan fingerprint density at radius 2 is 1.76 bits per heavy atom. The summed E-state index contributed by atoms with van der Waals surface area (Å²) in [7, 11) is 0. The van der Waals surface area contributed by atoms with Crippen LogP contribution < -0.4 is 5.32 Å². The lowest BCUT2D eigenvalue weighted by Crippen LogP contribution is -2.42. The van der Waals surface area contributed by atoms with E-state index >= 15 is 0 Å². The van der Waals surface area contributed by atoms with Crippen molar-refractivity contribution in [1.82, 2.24) is 10.2 Å². The van der Waals surface area contributed by atoms with Gasteiger partial charge in [0, 0.05) is 26.1 Å². The lowest BCUT2D eigenvalue weighted by atomic mass is 10.1. The first-order valence-electron chi connectivity index (χ1n) is 6.25. The number of nitrogens with zero attached hydrogens (tertiary/aromatic N) is 1. The highest BCUT2D eigenvalue weighted by Crippen LogP contribution is 2.01. The molecule has 0 aliphatic rings. The maximum atomic E-state index is 11.8. The fourth-order valence-electron chi connectivity index (χ4n) is 1.60. The smallest absolute Gasteiger partial charge is 0.317 e. The number of carbonyl (C=O) groups excluding carboxylic acids is 1. The molecule has 0 aromatic carbocycles. The SMILES string of the molecule is CCCN(CCC)C(=O)NCC(C)CC(=O)O. The van der Waals surface area contributed by atoms with Gasteiger partial charge in [0.2, 0.25) is 0 Å². The normalized spacial score (nSPS) is 11.9. The van der Waals surface area contributed by atoms with Crippen molar-refractivity contribution in [3.05, 3.63) is 0 Å². The molecular weight excluding hydrogens is 220 g/mol. The first kappa shape index (κ1) is 15.7. The summed E-state index contributed by atoms with van der Waals surface area (Å²) in [6.45, 7) is 7.78. The van der Waals surface area contributed by atoms with Gasteiger partial charge in [-0.2, -0.15) is 0 Å². The van der Waals surface area contributed by atoms with E-state index in [9.17, 15) is 9.59 Å². The Hall–Kier alpha value is -1.26. The number of hydrogen-bond donors (Lipinski definition) is 2. The number of carboxylic acid groups (broad SMARTS) is 1. The van der Waals surface area contributed by atoms with Crippen molar-refractivity contribution >= 4 is 12.0 Å². The van der Waals surface area contributed by atoms with Gasteiger partial charge in [-0.05, 0) is 18.8 Å². The molecule has 0 aromatic rings. The molecule has 1 unspecified atom stereocenters. The zero-order valence-corrected chi connectivity index (χ0v) is 11.0. The largest absolute Gasteiger partial charge is 0.481 e. The average Bonchev–Trinajstić information content (AvgIpc) is 2.24. The molecule has 0 saturated carbocycles. The Morgan fingerprint density at radius 3 is 2.18 bits per heavy atom. The second-order valence-corrected chi connectivity index (χ2v) is 4.38. The number of amides is 2. The molecule has 0 heterocycles. The van der Waals surface area contributed by atoms with Gasteiger partial charge < -0.3 is 15.3 Å². The highest BCUT2D eigenvalue weighted by atomic mass is 16.4. The third-order valence-electron chi connectivity index (χ3n) is 2.40. The Labute approximate surface area is 103 Å². The van der Waals surface area contributed by atoms with Crippen molar-refractivity contribution in [3.63, 3.8) is 0 Å². The Morgan fingerprint density at radius 1 is 1.24 bits per heavy atom. The second-order valence-electron chi connectivity index (χ2n) is 4.38. The summed E-state index contributed by atoms with van der Waals surface area (Å²) in [5.41, 5.74) is 0. The van der Waals surface area contributed by atoms with Crippen molar-refractivity contribution in [1.29, 1.82) is 0 Å². The van der Waals surface area contributed by atoms with Crippen molar-refractivity contribution in [3.8, 4) is 0 Å². The fourth-order valence-corrected chi connectivity index (χ4v) is 1.60. The quantitative estimate of drug-likeness (QED) is 0.685. The van der Waals surface area contributed by atoms with Gasteiger partial charge in [-0.3, -0.25) is 4.79 Å². The Bertz CT molecular complexity index is 238. The number of rotatable bonds is 8. The van der Waals surface area contributed by atoms with E-state index in [0.717, 1.165) is 25.9 Å². The summed E-state index contributed by atoms with van der Waals surface area (Å²) in [6, 6.07) is -0.0917. The summed E-state index contributed by atoms with van der Waals surface area (Å²) < 4.78 is 0. The van der Waals surface area contributed by atoms with Crippen LogP contribution in [0.1, 0.15) is 40.0 Å². The minimum atomic E-state index is -0.828. The highest BCUT2D eigenvalue weighted by molar-refractivity contribution is 5.74. The van der Waals surface area contributed by atoms with E-state index in [-0.39, 0.29) is 18.4 Å². The minimum Gasteiger partial charge on any atom is -0.481 e. The number of carboxylic acids is 1. The average molecular weight is 244 g/mol. The first-order valence-corrected chi connectivity index (χ1v) is 6.25. The van der Waals surface area contributed by atoms with Crippen LogP contribution in [0.15, 0.2) is 0 Å². The molecule has 0 aliphatic carbocycles. The summed E-state index contributed by atoms with van der Waals surface area (Å²) in [5, 5.41) is 11.4. The molecule has 0 rings (SSSR count). The predicted octanol–water partition coefficient (Wildman–Crippen LogP) is 1.93. The summed E-state index contributed by atoms with van der Waals surface area (Å²) in [5.74, 6) is -0.868. The number of hydrogen-bond acceptors (Lipinski definition) is 2. The van der Waals surface area contributed by atoms with Gasteiger partial charge in [-0.15, -0.1) is 0 Å². The molecule has 5 nitrogen and oxygen atoms in total. The van der Waals surface area contributed by atoms with Gasteiger partial charge in [0.25, 0.3) is 0 Å². The van der Waals surface area contributed by atoms with Crippen LogP contribution in [0.4, 0.5) is 4.79 Å². The summed E-state index contributed by atoms with van der Waals surface area (Å²) in [4.78, 5) is 24.0. The maximum absolute atomic E-state index is 11.8. The van der Waals surface area contributed by atoms with Crippen LogP contribution >= 0.6 is 0 Å². The first-order chi connectivity index (χ1) is 8.01. The van der Waals surface area contributed by atoms with Gasteiger partial charge >= 0.3 is 12.0 Å². The Balaban J connectivity index is 3.99. The van der Waals surface area contributed by atoms with Crippen molar-refractivity contribution < 1.29 is 14.7 Å². The Kier molecular flexibility index (Phi) is 8.19. The number of aliphatic carboxylic acids is 1. The molecule has 2 N–H and O–H groups in total. The van der Waals surface area contributed by atoms with Crippen LogP contribution in [-0.4, -0.2) is 41.6 Å². The van der Waals surface area contributed by atoms with Crippen LogP contribution in [0, 0.1) is 5.92 Å². The van der Waals surface area contributed by atoms with E-state index in [1.807, 2.05) is 20.8 Å². The van der Waals surface area contributed by atoms with E-state index in [0.29, 0.717) is 6.54 Å². The molecule has 100 valence electrons. The van der Waals surface area contributed by atoms with Gasteiger partial charge in [-0.25, -0.2) is 4.79 Å². The van der Waals surface area contributed by atoms with Crippen molar-refractivity contribution in [2.75, 3.05) is 19.6 Å². The fraction of sp³-hybridized carbons (Fsp3) is 0.833. The number of nitrogens with one attached hydrogen (secondary N) is 1. The van der Waals surface area contributed by atoms with Crippen LogP contribution in [-0.2, 0) is 4.79 Å². The molecular formula is C12H24N2O3. The van der Waals surface area contributed by atoms with E-state index in [1.165, 1.54) is 0 Å². The molecule has 0 radical (unpaired) electrons. The minimum absolute atomic E-state index is 0.0402. The molecule has 0 saturated heterocycles. The van der Waals surface area contributed by atoms with Gasteiger partial charge in [0.15, 0.2) is 0 Å². The lowest BCUT2D eigenvalue weighted by molar-refractivity contribution is -0.137. The molecule has 0 fully saturated rings. The van der Waals surface area contributed by atoms with Crippen molar-refractivity contribution in [2.45, 2.75) is 40.0 Å². The molecule has 0 bridgehead atoms. The van der Waals surface area contributed by atoms with E-state index in [4.69, 9.17) is 5.11 Å². The predicted molar refractivity (Wildman–Crippen MR) is 67.0 cm³/mol. The van der Waals surface area contributed by atoms with E-state index < -0.39 is 5.97 Å². The topological polar surface area (TPSA) is 69.6 Å². The van der Waals surface area contributed by atoms with Gasteiger partial charge in [0.1, 0.15) is 0 Å². The molecule has 0 aliphatic heterocycles. The monoisotopic (exact) mass is 244 g/mol. The number of carbonyl (C=O) groups is 2. The van der Waals surface area contributed by atoms with Crippen LogP contribution in [0.2, 0.25) is 0 Å². The van der Waals surface area contributed by atoms with Crippen LogP contribution in [0.3, 0.4) is 0 Å². The third kappa shape index (κ3) is 7.60. The number of urea groups is 1. The molecule has 1 atom stereocenters. The maximum Gasteiger partial charge on any atom is 0.317 e. The standard InChI is InChI=1S/C12H24N2O3/c1-4-6-14(7-5-2)12(17)13-9-10(3)8-11(15)16/h10H,4-9H2,1-3H3,(H,13,17)(H,15,16). The lowest BCUT2D eigenvalue weighted by Gasteiger charge is -2.22. The van der Waals surface area contributed by atoms with E-state index in [1.54, 1.807) is 4.90 Å². The zero-order valence-electron chi connectivity index (χ0n) is 11.0. The van der Waals surface area contributed by atoms with Gasteiger partial charge in [0.05, 0.1) is 0 Å². The van der Waals surface area contributed by atoms with E-state index in [2.05, 4.69) is 5.32 Å². The molecule has 5 heteroatoms. The molecule has 2 amide bonds. The molecule has 0 aromatic heterocycles. The summed E-state index contributed by atoms with van der Waals surface area (Å²) in [6.07, 6.45) is 1.94. The van der Waals surface area contributed by atoms with Crippen molar-refractivity contribution in [2.24, 2.45) is 5.92 Å². The molecule has 17 heavy (non-hydrogen) atoms. The molecule has 0 spiro atoms.